The summed E-state index contributed by atoms with van der Waals surface area (Å²) in [7, 11) is 0. The summed E-state index contributed by atoms with van der Waals surface area (Å²) in [5.41, 5.74) is 16.7. The van der Waals surface area contributed by atoms with Crippen molar-refractivity contribution in [3.8, 4) is 22.3 Å². The molecule has 0 bridgehead atoms. The maximum Gasteiger partial charge on any atom is 0.0727 e. The van der Waals surface area contributed by atoms with Crippen LogP contribution in [0.1, 0.15) is 22.3 Å². The number of hydrogen-bond donors (Lipinski definition) is 0. The van der Waals surface area contributed by atoms with Crippen LogP contribution in [-0.2, 0) is 5.41 Å². The van der Waals surface area contributed by atoms with Gasteiger partial charge in [-0.05, 0) is 123 Å². The van der Waals surface area contributed by atoms with Gasteiger partial charge in [0.1, 0.15) is 0 Å². The van der Waals surface area contributed by atoms with Crippen molar-refractivity contribution < 1.29 is 0 Å². The van der Waals surface area contributed by atoms with Crippen molar-refractivity contribution in [2.24, 2.45) is 0 Å². The van der Waals surface area contributed by atoms with Crippen molar-refractivity contribution in [3.63, 3.8) is 0 Å². The van der Waals surface area contributed by atoms with Crippen molar-refractivity contribution in [1.29, 1.82) is 0 Å². The molecule has 0 amide bonds. The molecule has 0 radical (unpaired) electrons. The van der Waals surface area contributed by atoms with E-state index >= 15 is 0 Å². The van der Waals surface area contributed by atoms with E-state index in [9.17, 15) is 0 Å². The van der Waals surface area contributed by atoms with E-state index in [1.165, 1.54) is 81.1 Å². The van der Waals surface area contributed by atoms with E-state index in [-0.39, 0.29) is 0 Å². The zero-order valence-electron chi connectivity index (χ0n) is 33.7. The number of benzene rings is 10. The van der Waals surface area contributed by atoms with Gasteiger partial charge < -0.3 is 9.80 Å². The Labute approximate surface area is 364 Å². The lowest BCUT2D eigenvalue weighted by molar-refractivity contribution is 0.794. The summed E-state index contributed by atoms with van der Waals surface area (Å²) in [5.74, 6) is 0. The summed E-state index contributed by atoms with van der Waals surface area (Å²) >= 11 is 1.87. The lowest BCUT2D eigenvalue weighted by Crippen LogP contribution is -2.26. The van der Waals surface area contributed by atoms with Crippen molar-refractivity contribution >= 4 is 76.4 Å². The smallest absolute Gasteiger partial charge is 0.0727 e. The minimum atomic E-state index is -0.588. The standard InChI is InChI=1S/C59H38N2S/c1-4-19-39(20-5-1)60(40-21-6-2-7-22-40)54-38-52-57(46-27-11-10-26-45(46)54)47-28-13-16-31-50(47)59(52)49-30-15-12-25-43(49)44-36-35-42(37-51(44)59)61(41-23-8-3-9-24-41)53-32-18-34-56-58(53)48-29-14-17-33-55(48)62-56/h1-38H. The van der Waals surface area contributed by atoms with Crippen LogP contribution in [-0.4, -0.2) is 0 Å². The first-order valence-electron chi connectivity index (χ1n) is 21.4. The molecule has 62 heavy (non-hydrogen) atoms. The van der Waals surface area contributed by atoms with Crippen molar-refractivity contribution in [2.75, 3.05) is 9.80 Å². The van der Waals surface area contributed by atoms with Crippen LogP contribution >= 0.6 is 11.3 Å². The number of fused-ring (bicyclic) bond motifs is 15. The predicted octanol–water partition coefficient (Wildman–Crippen LogP) is 16.5. The molecule has 0 fully saturated rings. The van der Waals surface area contributed by atoms with Crippen LogP contribution in [0.2, 0.25) is 0 Å². The van der Waals surface area contributed by atoms with Crippen LogP contribution in [0, 0.1) is 0 Å². The number of hydrogen-bond acceptors (Lipinski definition) is 3. The highest BCUT2D eigenvalue weighted by Crippen LogP contribution is 2.65. The molecular weight excluding hydrogens is 769 g/mol. The summed E-state index contributed by atoms with van der Waals surface area (Å²) in [6.07, 6.45) is 0. The van der Waals surface area contributed by atoms with Crippen LogP contribution in [0.25, 0.3) is 53.2 Å². The third kappa shape index (κ3) is 4.91. The van der Waals surface area contributed by atoms with Gasteiger partial charge in [-0.25, -0.2) is 0 Å². The molecule has 13 rings (SSSR count). The second-order valence-electron chi connectivity index (χ2n) is 16.4. The molecule has 0 saturated heterocycles. The maximum absolute atomic E-state index is 2.53. The average Bonchev–Trinajstić information content (AvgIpc) is 3.97. The Morgan fingerprint density at radius 2 is 0.823 bits per heavy atom. The molecule has 0 aliphatic heterocycles. The summed E-state index contributed by atoms with van der Waals surface area (Å²) < 4.78 is 2.59. The van der Waals surface area contributed by atoms with Gasteiger partial charge in [0, 0.05) is 48.3 Å². The fourth-order valence-corrected chi connectivity index (χ4v) is 11.9. The highest BCUT2D eigenvalue weighted by molar-refractivity contribution is 7.26. The third-order valence-electron chi connectivity index (χ3n) is 13.2. The third-order valence-corrected chi connectivity index (χ3v) is 14.4. The van der Waals surface area contributed by atoms with Crippen LogP contribution in [0.5, 0.6) is 0 Å². The Morgan fingerprint density at radius 3 is 1.52 bits per heavy atom. The van der Waals surface area contributed by atoms with Crippen molar-refractivity contribution in [2.45, 2.75) is 5.41 Å². The van der Waals surface area contributed by atoms with Gasteiger partial charge in [0.2, 0.25) is 0 Å². The van der Waals surface area contributed by atoms with E-state index in [1.54, 1.807) is 0 Å². The van der Waals surface area contributed by atoms with Gasteiger partial charge >= 0.3 is 0 Å². The molecule has 1 spiro atoms. The molecule has 0 saturated carbocycles. The minimum Gasteiger partial charge on any atom is -0.310 e. The molecule has 1 atom stereocenters. The fourth-order valence-electron chi connectivity index (χ4n) is 10.8. The highest BCUT2D eigenvalue weighted by Gasteiger charge is 2.52. The molecule has 2 aliphatic rings. The Morgan fingerprint density at radius 1 is 0.306 bits per heavy atom. The number of nitrogens with zero attached hydrogens (tertiary/aromatic N) is 2. The Kier molecular flexibility index (Phi) is 7.72. The molecule has 290 valence electrons. The van der Waals surface area contributed by atoms with E-state index in [4.69, 9.17) is 0 Å². The van der Waals surface area contributed by atoms with E-state index in [1.807, 2.05) is 11.3 Å². The zero-order valence-corrected chi connectivity index (χ0v) is 34.6. The summed E-state index contributed by atoms with van der Waals surface area (Å²) in [4.78, 5) is 4.93. The largest absolute Gasteiger partial charge is 0.310 e. The van der Waals surface area contributed by atoms with Crippen LogP contribution in [0.3, 0.4) is 0 Å². The van der Waals surface area contributed by atoms with E-state index in [0.29, 0.717) is 0 Å². The second kappa shape index (κ2) is 13.7. The molecule has 2 aliphatic carbocycles. The van der Waals surface area contributed by atoms with Gasteiger partial charge in [-0.3, -0.25) is 0 Å². The molecule has 10 aromatic carbocycles. The first-order valence-corrected chi connectivity index (χ1v) is 22.2. The SMILES string of the molecule is c1ccc(N(c2ccccc2)c2cc3c(c4ccccc24)-c2ccccc2C32c3ccccc3-c3ccc(N(c4ccccc4)c4cccc5sc6ccccc6c45)cc32)cc1. The normalized spacial score (nSPS) is 14.5. The quantitative estimate of drug-likeness (QED) is 0.165. The Hall–Kier alpha value is -7.72. The van der Waals surface area contributed by atoms with Crippen molar-refractivity contribution in [3.05, 3.63) is 253 Å². The van der Waals surface area contributed by atoms with E-state index < -0.39 is 5.41 Å². The highest BCUT2D eigenvalue weighted by atomic mass is 32.1. The van der Waals surface area contributed by atoms with Gasteiger partial charge in [0.25, 0.3) is 0 Å². The van der Waals surface area contributed by atoms with Crippen molar-refractivity contribution in [1.82, 2.24) is 0 Å². The topological polar surface area (TPSA) is 6.48 Å². The molecule has 11 aromatic rings. The number of para-hydroxylation sites is 3. The van der Waals surface area contributed by atoms with Gasteiger partial charge in [0.15, 0.2) is 0 Å². The molecule has 3 heteroatoms. The zero-order chi connectivity index (χ0) is 40.8. The Bertz CT molecular complexity index is 3500. The van der Waals surface area contributed by atoms with Gasteiger partial charge in [0.05, 0.1) is 16.8 Å². The summed E-state index contributed by atoms with van der Waals surface area (Å²) in [6, 6.07) is 85.3. The lowest BCUT2D eigenvalue weighted by atomic mass is 9.70. The van der Waals surface area contributed by atoms with Crippen LogP contribution in [0.4, 0.5) is 34.1 Å². The van der Waals surface area contributed by atoms with Gasteiger partial charge in [-0.1, -0.05) is 158 Å². The Balaban J connectivity index is 1.14. The monoisotopic (exact) mass is 806 g/mol. The molecule has 1 heterocycles. The van der Waals surface area contributed by atoms with Gasteiger partial charge in [-0.15, -0.1) is 11.3 Å². The van der Waals surface area contributed by atoms with E-state index in [0.717, 1.165) is 28.4 Å². The predicted molar refractivity (Wildman–Crippen MR) is 263 cm³/mol. The minimum absolute atomic E-state index is 0.588. The number of anilines is 6. The summed E-state index contributed by atoms with van der Waals surface area (Å²) in [5, 5.41) is 5.04. The van der Waals surface area contributed by atoms with Crippen LogP contribution in [0.15, 0.2) is 231 Å². The molecule has 1 aromatic heterocycles. The van der Waals surface area contributed by atoms with Gasteiger partial charge in [-0.2, -0.15) is 0 Å². The first-order chi connectivity index (χ1) is 30.8. The molecule has 2 nitrogen and oxygen atoms in total. The first kappa shape index (κ1) is 35.1. The summed E-state index contributed by atoms with van der Waals surface area (Å²) in [6.45, 7) is 0. The van der Waals surface area contributed by atoms with Crippen LogP contribution < -0.4 is 9.80 Å². The second-order valence-corrected chi connectivity index (χ2v) is 17.4. The lowest BCUT2D eigenvalue weighted by Gasteiger charge is -2.34. The maximum atomic E-state index is 2.53. The molecular formula is C59H38N2S. The van der Waals surface area contributed by atoms with E-state index in [2.05, 4.69) is 240 Å². The average molecular weight is 807 g/mol. The number of rotatable bonds is 6. The molecule has 1 unspecified atom stereocenters. The molecule has 0 N–H and O–H groups in total. The number of thiophene rings is 1. The fraction of sp³-hybridized carbons (Fsp3) is 0.0169.